The molecule has 0 bridgehead atoms. The molecule has 1 aliphatic heterocycles. The van der Waals surface area contributed by atoms with Crippen LogP contribution in [0.3, 0.4) is 0 Å². The molecule has 110 valence electrons. The lowest BCUT2D eigenvalue weighted by Gasteiger charge is -2.31. The predicted octanol–water partition coefficient (Wildman–Crippen LogP) is 2.22. The van der Waals surface area contributed by atoms with E-state index in [4.69, 9.17) is 4.74 Å². The number of piperidine rings is 1. The molecule has 2 aromatic rings. The van der Waals surface area contributed by atoms with Crippen LogP contribution in [0, 0.1) is 6.92 Å². The Morgan fingerprint density at radius 3 is 2.81 bits per heavy atom. The van der Waals surface area contributed by atoms with Crippen molar-refractivity contribution in [1.82, 2.24) is 19.9 Å². The van der Waals surface area contributed by atoms with Crippen LogP contribution in [0.2, 0.25) is 0 Å². The number of rotatable bonds is 4. The molecule has 0 saturated carbocycles. The van der Waals surface area contributed by atoms with Crippen LogP contribution < -0.4 is 4.74 Å². The van der Waals surface area contributed by atoms with Gasteiger partial charge in [-0.2, -0.15) is 0 Å². The molecular weight excluding hydrogens is 264 g/mol. The van der Waals surface area contributed by atoms with Crippen LogP contribution in [0.15, 0.2) is 36.8 Å². The first-order chi connectivity index (χ1) is 10.3. The molecule has 2 aromatic heterocycles. The fraction of sp³-hybridized carbons (Fsp3) is 0.438. The van der Waals surface area contributed by atoms with Gasteiger partial charge in [0, 0.05) is 32.0 Å². The van der Waals surface area contributed by atoms with E-state index in [1.165, 1.54) is 0 Å². The summed E-state index contributed by atoms with van der Waals surface area (Å²) in [5, 5.41) is 0. The Balaban J connectivity index is 1.49. The molecule has 3 heterocycles. The highest BCUT2D eigenvalue weighted by atomic mass is 16.5. The number of likely N-dealkylation sites (tertiary alicyclic amines) is 1. The van der Waals surface area contributed by atoms with Crippen LogP contribution >= 0.6 is 0 Å². The summed E-state index contributed by atoms with van der Waals surface area (Å²) in [5.41, 5.74) is 2.02. The monoisotopic (exact) mass is 284 g/mol. The van der Waals surface area contributed by atoms with Crippen LogP contribution in [0.1, 0.15) is 24.2 Å². The fourth-order valence-corrected chi connectivity index (χ4v) is 2.57. The molecule has 5 nitrogen and oxygen atoms in total. The summed E-state index contributed by atoms with van der Waals surface area (Å²) in [4.78, 5) is 15.3. The summed E-state index contributed by atoms with van der Waals surface area (Å²) in [6, 6.07) is 6.06. The number of hydrogen-bond donors (Lipinski definition) is 0. The molecule has 0 radical (unpaired) electrons. The van der Waals surface area contributed by atoms with Crippen molar-refractivity contribution < 1.29 is 4.74 Å². The number of nitrogens with zero attached hydrogens (tertiary/aromatic N) is 4. The van der Waals surface area contributed by atoms with E-state index in [1.807, 2.05) is 25.3 Å². The van der Waals surface area contributed by atoms with Gasteiger partial charge >= 0.3 is 0 Å². The van der Waals surface area contributed by atoms with Crippen LogP contribution in [0.25, 0.3) is 0 Å². The maximum atomic E-state index is 5.92. The third kappa shape index (κ3) is 3.98. The van der Waals surface area contributed by atoms with Crippen molar-refractivity contribution in [3.8, 4) is 5.88 Å². The number of aryl methyl sites for hydroxylation is 1. The van der Waals surface area contributed by atoms with Gasteiger partial charge < -0.3 is 4.74 Å². The van der Waals surface area contributed by atoms with Gasteiger partial charge in [-0.3, -0.25) is 14.9 Å². The second-order valence-electron chi connectivity index (χ2n) is 5.41. The molecular formula is C16H20N4O. The summed E-state index contributed by atoms with van der Waals surface area (Å²) in [6.07, 6.45) is 7.54. The third-order valence-corrected chi connectivity index (χ3v) is 3.67. The average Bonchev–Trinajstić information content (AvgIpc) is 2.50. The molecule has 0 spiro atoms. The van der Waals surface area contributed by atoms with Gasteiger partial charge in [0.05, 0.1) is 17.6 Å². The standard InChI is InChI=1S/C16H20N4O/c1-13-10-17-11-16(19-13)21-15-5-8-20(9-6-15)12-14-4-2-3-7-18-14/h2-4,7,10-11,15H,5-6,8-9,12H2,1H3. The van der Waals surface area contributed by atoms with E-state index in [9.17, 15) is 0 Å². The molecule has 0 aliphatic carbocycles. The molecule has 0 N–H and O–H groups in total. The zero-order valence-electron chi connectivity index (χ0n) is 12.3. The van der Waals surface area contributed by atoms with Gasteiger partial charge in [0.1, 0.15) is 6.10 Å². The minimum absolute atomic E-state index is 0.237. The van der Waals surface area contributed by atoms with Crippen molar-refractivity contribution in [2.75, 3.05) is 13.1 Å². The molecule has 3 rings (SSSR count). The summed E-state index contributed by atoms with van der Waals surface area (Å²) in [5.74, 6) is 0.637. The first-order valence-corrected chi connectivity index (χ1v) is 7.37. The summed E-state index contributed by atoms with van der Waals surface area (Å²) in [7, 11) is 0. The van der Waals surface area contributed by atoms with Crippen molar-refractivity contribution >= 4 is 0 Å². The summed E-state index contributed by atoms with van der Waals surface area (Å²) < 4.78 is 5.92. The van der Waals surface area contributed by atoms with Crippen molar-refractivity contribution in [3.05, 3.63) is 48.2 Å². The van der Waals surface area contributed by atoms with Gasteiger partial charge in [0.15, 0.2) is 0 Å². The summed E-state index contributed by atoms with van der Waals surface area (Å²) >= 11 is 0. The van der Waals surface area contributed by atoms with Gasteiger partial charge in [0.25, 0.3) is 0 Å². The van der Waals surface area contributed by atoms with Crippen LogP contribution in [-0.4, -0.2) is 39.0 Å². The Labute approximate surface area is 125 Å². The Morgan fingerprint density at radius 2 is 2.10 bits per heavy atom. The number of hydrogen-bond acceptors (Lipinski definition) is 5. The molecule has 0 atom stereocenters. The van der Waals surface area contributed by atoms with Gasteiger partial charge in [-0.05, 0) is 31.9 Å². The number of pyridine rings is 1. The molecule has 21 heavy (non-hydrogen) atoms. The number of ether oxygens (including phenoxy) is 1. The Bertz CT molecular complexity index is 567. The molecule has 1 aliphatic rings. The predicted molar refractivity (Wildman–Crippen MR) is 79.9 cm³/mol. The van der Waals surface area contributed by atoms with Crippen LogP contribution in [-0.2, 0) is 6.54 Å². The van der Waals surface area contributed by atoms with Crippen molar-refractivity contribution in [2.45, 2.75) is 32.4 Å². The largest absolute Gasteiger partial charge is 0.473 e. The fourth-order valence-electron chi connectivity index (χ4n) is 2.57. The SMILES string of the molecule is Cc1cncc(OC2CCN(Cc3ccccn3)CC2)n1. The highest BCUT2D eigenvalue weighted by molar-refractivity contribution is 5.08. The lowest BCUT2D eigenvalue weighted by molar-refractivity contribution is 0.0921. The number of aromatic nitrogens is 3. The first-order valence-electron chi connectivity index (χ1n) is 7.37. The second-order valence-corrected chi connectivity index (χ2v) is 5.41. The van der Waals surface area contributed by atoms with Gasteiger partial charge in [0.2, 0.25) is 5.88 Å². The average molecular weight is 284 g/mol. The molecule has 1 fully saturated rings. The smallest absolute Gasteiger partial charge is 0.232 e. The zero-order chi connectivity index (χ0) is 14.5. The first kappa shape index (κ1) is 13.9. The van der Waals surface area contributed by atoms with Crippen molar-refractivity contribution in [1.29, 1.82) is 0 Å². The summed E-state index contributed by atoms with van der Waals surface area (Å²) in [6.45, 7) is 4.90. The van der Waals surface area contributed by atoms with Gasteiger partial charge in [-0.15, -0.1) is 0 Å². The van der Waals surface area contributed by atoms with Crippen molar-refractivity contribution in [2.24, 2.45) is 0 Å². The maximum Gasteiger partial charge on any atom is 0.232 e. The van der Waals surface area contributed by atoms with E-state index in [0.29, 0.717) is 5.88 Å². The minimum Gasteiger partial charge on any atom is -0.473 e. The quantitative estimate of drug-likeness (QED) is 0.861. The van der Waals surface area contributed by atoms with Gasteiger partial charge in [-0.1, -0.05) is 6.07 Å². The minimum atomic E-state index is 0.237. The van der Waals surface area contributed by atoms with E-state index in [0.717, 1.165) is 43.9 Å². The van der Waals surface area contributed by atoms with E-state index >= 15 is 0 Å². The molecule has 0 amide bonds. The van der Waals surface area contributed by atoms with E-state index < -0.39 is 0 Å². The normalized spacial score (nSPS) is 16.8. The Kier molecular flexibility index (Phi) is 4.40. The van der Waals surface area contributed by atoms with Crippen LogP contribution in [0.4, 0.5) is 0 Å². The molecule has 1 saturated heterocycles. The maximum absolute atomic E-state index is 5.92. The lowest BCUT2D eigenvalue weighted by atomic mass is 10.1. The van der Waals surface area contributed by atoms with E-state index in [1.54, 1.807) is 12.4 Å². The molecule has 5 heteroatoms. The second kappa shape index (κ2) is 6.63. The van der Waals surface area contributed by atoms with E-state index in [-0.39, 0.29) is 6.10 Å². The van der Waals surface area contributed by atoms with Crippen LogP contribution in [0.5, 0.6) is 5.88 Å². The van der Waals surface area contributed by atoms with Gasteiger partial charge in [-0.25, -0.2) is 4.98 Å². The Morgan fingerprint density at radius 1 is 1.24 bits per heavy atom. The Hall–Kier alpha value is -2.01. The molecule has 0 unspecified atom stereocenters. The third-order valence-electron chi connectivity index (χ3n) is 3.67. The highest BCUT2D eigenvalue weighted by Crippen LogP contribution is 2.18. The van der Waals surface area contributed by atoms with Crippen molar-refractivity contribution in [3.63, 3.8) is 0 Å². The molecule has 0 aromatic carbocycles. The zero-order valence-corrected chi connectivity index (χ0v) is 12.3. The van der Waals surface area contributed by atoms with E-state index in [2.05, 4.69) is 25.9 Å². The highest BCUT2D eigenvalue weighted by Gasteiger charge is 2.21. The lowest BCUT2D eigenvalue weighted by Crippen LogP contribution is -2.38. The topological polar surface area (TPSA) is 51.1 Å².